The second-order valence-corrected chi connectivity index (χ2v) is 5.46. The van der Waals surface area contributed by atoms with E-state index in [0.29, 0.717) is 18.4 Å². The smallest absolute Gasteiger partial charge is 0.181 e. The Morgan fingerprint density at radius 3 is 2.12 bits per heavy atom. The van der Waals surface area contributed by atoms with Crippen LogP contribution in [0, 0.1) is 11.6 Å². The summed E-state index contributed by atoms with van der Waals surface area (Å²) in [5.74, 6) is -3.08. The monoisotopic (exact) mass is 263 g/mol. The molecule has 0 radical (unpaired) electrons. The first kappa shape index (κ1) is 13.7. The van der Waals surface area contributed by atoms with Crippen molar-refractivity contribution in [2.75, 3.05) is 12.8 Å². The van der Waals surface area contributed by atoms with Crippen molar-refractivity contribution in [1.82, 2.24) is 0 Å². The zero-order valence-electron chi connectivity index (χ0n) is 9.04. The van der Waals surface area contributed by atoms with Gasteiger partial charge in [0.1, 0.15) is 16.5 Å². The van der Waals surface area contributed by atoms with Crippen LogP contribution in [0.1, 0.15) is 16.8 Å². The first-order chi connectivity index (χ1) is 7.77. The fourth-order valence-corrected chi connectivity index (χ4v) is 2.18. The van der Waals surface area contributed by atoms with E-state index >= 15 is 0 Å². The van der Waals surface area contributed by atoms with E-state index in [1.165, 1.54) is 0 Å². The van der Waals surface area contributed by atoms with E-state index in [1.807, 2.05) is 0 Å². The largest absolute Gasteiger partial charge is 0.330 e. The summed E-state index contributed by atoms with van der Waals surface area (Å²) in [7, 11) is -4.00. The summed E-state index contributed by atoms with van der Waals surface area (Å²) >= 11 is 0. The van der Waals surface area contributed by atoms with Gasteiger partial charge in [0.15, 0.2) is 15.6 Å². The second kappa shape index (κ2) is 4.89. The predicted molar refractivity (Wildman–Crippen MR) is 57.5 cm³/mol. The fraction of sp³-hybridized carbons (Fsp3) is 0.300. The second-order valence-electron chi connectivity index (χ2n) is 3.50. The molecule has 7 heteroatoms. The normalized spacial score (nSPS) is 11.5. The maximum absolute atomic E-state index is 13.4. The van der Waals surface area contributed by atoms with Gasteiger partial charge < -0.3 is 5.73 Å². The van der Waals surface area contributed by atoms with Gasteiger partial charge >= 0.3 is 0 Å². The Bertz CT molecular complexity index is 532. The van der Waals surface area contributed by atoms with Gasteiger partial charge in [-0.2, -0.15) is 0 Å². The molecule has 0 spiro atoms. The number of hydrogen-bond acceptors (Lipinski definition) is 4. The van der Waals surface area contributed by atoms with E-state index in [9.17, 15) is 22.0 Å². The van der Waals surface area contributed by atoms with Crippen LogP contribution in [0.4, 0.5) is 8.78 Å². The van der Waals surface area contributed by atoms with Gasteiger partial charge in [0.05, 0.1) is 0 Å². The third kappa shape index (κ3) is 3.07. The molecule has 0 aliphatic heterocycles. The van der Waals surface area contributed by atoms with Gasteiger partial charge in [-0.05, 0) is 18.7 Å². The molecule has 0 saturated heterocycles. The molecule has 1 aromatic rings. The van der Waals surface area contributed by atoms with Gasteiger partial charge in [0.25, 0.3) is 0 Å². The zero-order chi connectivity index (χ0) is 13.2. The molecule has 1 rings (SSSR count). The number of carbonyl (C=O) groups is 1. The molecule has 0 heterocycles. The van der Waals surface area contributed by atoms with Crippen molar-refractivity contribution >= 4 is 15.6 Å². The molecule has 2 N–H and O–H groups in total. The van der Waals surface area contributed by atoms with Crippen LogP contribution >= 0.6 is 0 Å². The van der Waals surface area contributed by atoms with Crippen LogP contribution < -0.4 is 5.73 Å². The van der Waals surface area contributed by atoms with Crippen molar-refractivity contribution in [3.63, 3.8) is 0 Å². The molecule has 4 nitrogen and oxygen atoms in total. The molecular formula is C10H11F2NO3S. The topological polar surface area (TPSA) is 77.2 Å². The molecule has 0 saturated carbocycles. The van der Waals surface area contributed by atoms with Crippen LogP contribution in [0.15, 0.2) is 17.0 Å². The van der Waals surface area contributed by atoms with Crippen LogP contribution in [0.25, 0.3) is 0 Å². The zero-order valence-corrected chi connectivity index (χ0v) is 9.85. The summed E-state index contributed by atoms with van der Waals surface area (Å²) in [6.07, 6.45) is 0.632. The lowest BCUT2D eigenvalue weighted by Gasteiger charge is -2.05. The van der Waals surface area contributed by atoms with Crippen LogP contribution in [-0.2, 0) is 9.84 Å². The first-order valence-electron chi connectivity index (χ1n) is 4.69. The van der Waals surface area contributed by atoms with E-state index in [0.717, 1.165) is 0 Å². The molecule has 0 unspecified atom stereocenters. The van der Waals surface area contributed by atoms with Crippen molar-refractivity contribution in [3.8, 4) is 0 Å². The van der Waals surface area contributed by atoms with E-state index < -0.39 is 32.2 Å². The van der Waals surface area contributed by atoms with E-state index in [4.69, 9.17) is 5.73 Å². The number of benzene rings is 1. The Balaban J connectivity index is 3.33. The van der Waals surface area contributed by atoms with Crippen molar-refractivity contribution in [3.05, 3.63) is 29.3 Å². The van der Waals surface area contributed by atoms with Crippen molar-refractivity contribution in [2.24, 2.45) is 5.73 Å². The fourth-order valence-electron chi connectivity index (χ4n) is 1.35. The molecule has 0 amide bonds. The lowest BCUT2D eigenvalue weighted by Crippen LogP contribution is -2.11. The van der Waals surface area contributed by atoms with E-state index in [1.54, 1.807) is 0 Å². The predicted octanol–water partition coefficient (Wildman–Crippen LogP) is 0.900. The first-order valence-corrected chi connectivity index (χ1v) is 6.59. The number of Topliss-reactive ketones (excluding diaryl/α,β-unsaturated/α-hetero) is 1. The molecule has 1 aromatic carbocycles. The van der Waals surface area contributed by atoms with Gasteiger partial charge in [0, 0.05) is 18.2 Å². The third-order valence-electron chi connectivity index (χ3n) is 2.06. The van der Waals surface area contributed by atoms with Crippen LogP contribution in [0.5, 0.6) is 0 Å². The summed E-state index contributed by atoms with van der Waals surface area (Å²) in [6, 6.07) is 1.41. The number of rotatable bonds is 4. The SMILES string of the molecule is CS(=O)(=O)c1c(F)cc(C(=O)CCN)cc1F. The quantitative estimate of drug-likeness (QED) is 0.819. The van der Waals surface area contributed by atoms with Crippen LogP contribution in [-0.4, -0.2) is 27.0 Å². The molecule has 0 fully saturated rings. The lowest BCUT2D eigenvalue weighted by molar-refractivity contribution is 0.0984. The number of nitrogens with two attached hydrogens (primary N) is 1. The molecule has 94 valence electrons. The summed E-state index contributed by atoms with van der Waals surface area (Å²) in [4.78, 5) is 10.3. The average Bonchev–Trinajstić information content (AvgIpc) is 2.14. The third-order valence-corrected chi connectivity index (χ3v) is 3.19. The maximum atomic E-state index is 13.4. The number of sulfone groups is 1. The molecular weight excluding hydrogens is 252 g/mol. The number of halogens is 2. The van der Waals surface area contributed by atoms with Crippen LogP contribution in [0.3, 0.4) is 0 Å². The standard InChI is InChI=1S/C10H11F2NO3S/c1-17(15,16)10-7(11)4-6(5-8(10)12)9(14)2-3-13/h4-5H,2-3,13H2,1H3. The van der Waals surface area contributed by atoms with E-state index in [2.05, 4.69) is 0 Å². The van der Waals surface area contributed by atoms with Gasteiger partial charge in [-0.15, -0.1) is 0 Å². The molecule has 0 aliphatic rings. The molecule has 17 heavy (non-hydrogen) atoms. The molecule has 0 aromatic heterocycles. The highest BCUT2D eigenvalue weighted by molar-refractivity contribution is 7.90. The number of ketones is 1. The van der Waals surface area contributed by atoms with Gasteiger partial charge in [-0.1, -0.05) is 0 Å². The van der Waals surface area contributed by atoms with E-state index in [-0.39, 0.29) is 18.5 Å². The van der Waals surface area contributed by atoms with Crippen LogP contribution in [0.2, 0.25) is 0 Å². The minimum Gasteiger partial charge on any atom is -0.330 e. The summed E-state index contributed by atoms with van der Waals surface area (Å²) in [5, 5.41) is 0. The number of carbonyl (C=O) groups excluding carboxylic acids is 1. The Morgan fingerprint density at radius 1 is 1.29 bits per heavy atom. The number of hydrogen-bond donors (Lipinski definition) is 1. The molecule has 0 bridgehead atoms. The van der Waals surface area contributed by atoms with Gasteiger partial charge in [-0.25, -0.2) is 17.2 Å². The lowest BCUT2D eigenvalue weighted by atomic mass is 10.1. The molecule has 0 atom stereocenters. The minimum absolute atomic E-state index is 0.0515. The van der Waals surface area contributed by atoms with Gasteiger partial charge in [-0.3, -0.25) is 4.79 Å². The van der Waals surface area contributed by atoms with Crippen molar-refractivity contribution < 1.29 is 22.0 Å². The minimum atomic E-state index is -4.00. The summed E-state index contributed by atoms with van der Waals surface area (Å²) < 4.78 is 49.0. The average molecular weight is 263 g/mol. The van der Waals surface area contributed by atoms with Crippen molar-refractivity contribution in [2.45, 2.75) is 11.3 Å². The Morgan fingerprint density at radius 2 is 1.76 bits per heavy atom. The Labute approximate surface area is 97.3 Å². The highest BCUT2D eigenvalue weighted by atomic mass is 32.2. The Kier molecular flexibility index (Phi) is 3.94. The highest BCUT2D eigenvalue weighted by Crippen LogP contribution is 2.21. The van der Waals surface area contributed by atoms with Gasteiger partial charge in [0.2, 0.25) is 0 Å². The molecule has 0 aliphatic carbocycles. The van der Waals surface area contributed by atoms with Crippen molar-refractivity contribution in [1.29, 1.82) is 0 Å². The summed E-state index contributed by atoms with van der Waals surface area (Å²) in [5.41, 5.74) is 4.91. The summed E-state index contributed by atoms with van der Waals surface area (Å²) in [6.45, 7) is 0.0515. The highest BCUT2D eigenvalue weighted by Gasteiger charge is 2.22. The Hall–Kier alpha value is -1.34. The maximum Gasteiger partial charge on any atom is 0.181 e.